The van der Waals surface area contributed by atoms with Gasteiger partial charge in [-0.25, -0.2) is 13.4 Å². The van der Waals surface area contributed by atoms with Gasteiger partial charge in [-0.2, -0.15) is 0 Å². The van der Waals surface area contributed by atoms with Gasteiger partial charge in [0.25, 0.3) is 0 Å². The summed E-state index contributed by atoms with van der Waals surface area (Å²) in [6.45, 7) is 3.36. The lowest BCUT2D eigenvalue weighted by atomic mass is 10.6. The SMILES string of the molecule is CCS(=O)(=O)c1ncc(C)[nH]1. The van der Waals surface area contributed by atoms with Gasteiger partial charge in [0.05, 0.1) is 5.75 Å². The zero-order chi connectivity index (χ0) is 8.48. The molecule has 0 spiro atoms. The Morgan fingerprint density at radius 2 is 2.27 bits per heavy atom. The average molecular weight is 174 g/mol. The van der Waals surface area contributed by atoms with E-state index in [2.05, 4.69) is 9.97 Å². The van der Waals surface area contributed by atoms with Gasteiger partial charge in [-0.15, -0.1) is 0 Å². The monoisotopic (exact) mass is 174 g/mol. The predicted molar refractivity (Wildman–Crippen MR) is 41.1 cm³/mol. The van der Waals surface area contributed by atoms with E-state index in [9.17, 15) is 8.42 Å². The van der Waals surface area contributed by atoms with Gasteiger partial charge >= 0.3 is 0 Å². The third-order valence-corrected chi connectivity index (χ3v) is 2.91. The summed E-state index contributed by atoms with van der Waals surface area (Å²) >= 11 is 0. The number of aryl methyl sites for hydroxylation is 1. The largest absolute Gasteiger partial charge is 0.333 e. The number of imidazole rings is 1. The van der Waals surface area contributed by atoms with Gasteiger partial charge in [0, 0.05) is 11.9 Å². The van der Waals surface area contributed by atoms with Crippen LogP contribution in [-0.4, -0.2) is 24.1 Å². The number of sulfone groups is 1. The van der Waals surface area contributed by atoms with Crippen LogP contribution in [0.15, 0.2) is 11.4 Å². The Bertz CT molecular complexity index is 339. The lowest BCUT2D eigenvalue weighted by Gasteiger charge is -1.92. The maximum atomic E-state index is 11.1. The third-order valence-electron chi connectivity index (χ3n) is 1.35. The number of hydrogen-bond acceptors (Lipinski definition) is 3. The van der Waals surface area contributed by atoms with E-state index in [1.54, 1.807) is 13.8 Å². The zero-order valence-electron chi connectivity index (χ0n) is 6.46. The Kier molecular flexibility index (Phi) is 1.99. The molecule has 0 saturated heterocycles. The molecule has 1 aromatic rings. The van der Waals surface area contributed by atoms with Crippen LogP contribution >= 0.6 is 0 Å². The molecule has 1 aromatic heterocycles. The van der Waals surface area contributed by atoms with Gasteiger partial charge in [0.15, 0.2) is 0 Å². The third kappa shape index (κ3) is 1.59. The summed E-state index contributed by atoms with van der Waals surface area (Å²) in [5, 5.41) is 0.0671. The van der Waals surface area contributed by atoms with Crippen molar-refractivity contribution >= 4 is 9.84 Å². The van der Waals surface area contributed by atoms with Crippen LogP contribution in [0, 0.1) is 6.92 Å². The highest BCUT2D eigenvalue weighted by molar-refractivity contribution is 7.91. The number of nitrogens with zero attached hydrogens (tertiary/aromatic N) is 1. The number of rotatable bonds is 2. The van der Waals surface area contributed by atoms with E-state index in [4.69, 9.17) is 0 Å². The highest BCUT2D eigenvalue weighted by atomic mass is 32.2. The standard InChI is InChI=1S/C6H10N2O2S/c1-3-11(9,10)6-7-4-5(2)8-6/h4H,3H2,1-2H3,(H,7,8). The summed E-state index contributed by atoms with van der Waals surface area (Å²) in [7, 11) is -3.14. The Hall–Kier alpha value is -0.840. The molecular formula is C6H10N2O2S. The molecule has 0 aliphatic rings. The summed E-state index contributed by atoms with van der Waals surface area (Å²) in [6, 6.07) is 0. The topological polar surface area (TPSA) is 62.8 Å². The molecule has 0 aliphatic carbocycles. The molecule has 0 radical (unpaired) electrons. The van der Waals surface area contributed by atoms with E-state index in [0.717, 1.165) is 5.69 Å². The number of nitrogens with one attached hydrogen (secondary N) is 1. The van der Waals surface area contributed by atoms with Crippen molar-refractivity contribution < 1.29 is 8.42 Å². The Labute approximate surface area is 65.6 Å². The van der Waals surface area contributed by atoms with Crippen LogP contribution in [0.25, 0.3) is 0 Å². The second-order valence-corrected chi connectivity index (χ2v) is 4.47. The van der Waals surface area contributed by atoms with E-state index >= 15 is 0 Å². The minimum atomic E-state index is -3.14. The first-order chi connectivity index (χ1) is 5.06. The van der Waals surface area contributed by atoms with E-state index in [1.165, 1.54) is 6.20 Å². The molecule has 0 fully saturated rings. The average Bonchev–Trinajstić information content (AvgIpc) is 2.36. The summed E-state index contributed by atoms with van der Waals surface area (Å²) in [5.74, 6) is 0.0833. The van der Waals surface area contributed by atoms with Crippen molar-refractivity contribution in [3.8, 4) is 0 Å². The van der Waals surface area contributed by atoms with Gasteiger partial charge in [0.2, 0.25) is 15.0 Å². The fraction of sp³-hybridized carbons (Fsp3) is 0.500. The van der Waals surface area contributed by atoms with E-state index < -0.39 is 9.84 Å². The van der Waals surface area contributed by atoms with Gasteiger partial charge in [0.1, 0.15) is 0 Å². The molecule has 0 atom stereocenters. The zero-order valence-corrected chi connectivity index (χ0v) is 7.27. The number of H-pyrrole nitrogens is 1. The molecule has 5 heteroatoms. The van der Waals surface area contributed by atoms with Crippen LogP contribution in [0.4, 0.5) is 0 Å². The fourth-order valence-corrected chi connectivity index (χ4v) is 1.49. The van der Waals surface area contributed by atoms with E-state index in [0.29, 0.717) is 0 Å². The molecule has 1 N–H and O–H groups in total. The predicted octanol–water partition coefficient (Wildman–Crippen LogP) is 0.512. The summed E-state index contributed by atoms with van der Waals surface area (Å²) < 4.78 is 22.2. The van der Waals surface area contributed by atoms with Gasteiger partial charge in [-0.3, -0.25) is 0 Å². The lowest BCUT2D eigenvalue weighted by molar-refractivity contribution is 0.590. The molecule has 0 unspecified atom stereocenters. The Morgan fingerprint density at radius 1 is 1.64 bits per heavy atom. The molecule has 1 heterocycles. The molecule has 0 amide bonds. The van der Waals surface area contributed by atoms with Crippen LogP contribution in [0.3, 0.4) is 0 Å². The quantitative estimate of drug-likeness (QED) is 0.710. The summed E-state index contributed by atoms with van der Waals surface area (Å²) in [5.41, 5.74) is 0.761. The van der Waals surface area contributed by atoms with Crippen molar-refractivity contribution in [3.63, 3.8) is 0 Å². The van der Waals surface area contributed by atoms with Crippen molar-refractivity contribution in [1.29, 1.82) is 0 Å². The van der Waals surface area contributed by atoms with Crippen molar-refractivity contribution in [2.75, 3.05) is 5.75 Å². The number of aromatic amines is 1. The highest BCUT2D eigenvalue weighted by Gasteiger charge is 2.13. The second-order valence-electron chi connectivity index (χ2n) is 2.27. The second kappa shape index (κ2) is 2.65. The lowest BCUT2D eigenvalue weighted by Crippen LogP contribution is -2.05. The van der Waals surface area contributed by atoms with Crippen molar-refractivity contribution in [3.05, 3.63) is 11.9 Å². The van der Waals surface area contributed by atoms with Crippen molar-refractivity contribution in [2.45, 2.75) is 19.0 Å². The van der Waals surface area contributed by atoms with Crippen LogP contribution in [0.5, 0.6) is 0 Å². The summed E-state index contributed by atoms with van der Waals surface area (Å²) in [4.78, 5) is 6.38. The summed E-state index contributed by atoms with van der Waals surface area (Å²) in [6.07, 6.45) is 1.50. The smallest absolute Gasteiger partial charge is 0.225 e. The fourth-order valence-electron chi connectivity index (χ4n) is 0.683. The molecular weight excluding hydrogens is 164 g/mol. The Balaban J connectivity index is 3.13. The van der Waals surface area contributed by atoms with Crippen LogP contribution in [-0.2, 0) is 9.84 Å². The maximum Gasteiger partial charge on any atom is 0.225 e. The maximum absolute atomic E-state index is 11.1. The van der Waals surface area contributed by atoms with Crippen LogP contribution in [0.2, 0.25) is 0 Å². The molecule has 0 aliphatic heterocycles. The molecule has 62 valence electrons. The van der Waals surface area contributed by atoms with E-state index in [-0.39, 0.29) is 10.9 Å². The molecule has 4 nitrogen and oxygen atoms in total. The normalized spacial score (nSPS) is 11.8. The highest BCUT2D eigenvalue weighted by Crippen LogP contribution is 2.04. The van der Waals surface area contributed by atoms with Crippen LogP contribution < -0.4 is 0 Å². The van der Waals surface area contributed by atoms with E-state index in [1.807, 2.05) is 0 Å². The number of hydrogen-bond donors (Lipinski definition) is 1. The molecule has 0 aromatic carbocycles. The first kappa shape index (κ1) is 8.26. The molecule has 11 heavy (non-hydrogen) atoms. The van der Waals surface area contributed by atoms with Crippen molar-refractivity contribution in [1.82, 2.24) is 9.97 Å². The number of aromatic nitrogens is 2. The van der Waals surface area contributed by atoms with Gasteiger partial charge in [-0.05, 0) is 6.92 Å². The Morgan fingerprint density at radius 3 is 2.64 bits per heavy atom. The first-order valence-electron chi connectivity index (χ1n) is 3.30. The first-order valence-corrected chi connectivity index (χ1v) is 4.96. The van der Waals surface area contributed by atoms with Crippen molar-refractivity contribution in [2.24, 2.45) is 0 Å². The molecule has 1 rings (SSSR count). The minimum Gasteiger partial charge on any atom is -0.333 e. The molecule has 0 bridgehead atoms. The van der Waals surface area contributed by atoms with Gasteiger partial charge in [-0.1, -0.05) is 6.92 Å². The molecule has 0 saturated carbocycles. The van der Waals surface area contributed by atoms with Crippen LogP contribution in [0.1, 0.15) is 12.6 Å². The van der Waals surface area contributed by atoms with Gasteiger partial charge < -0.3 is 4.98 Å². The minimum absolute atomic E-state index is 0.0671.